The number of nitrogens with zero attached hydrogens (tertiary/aromatic N) is 1. The lowest BCUT2D eigenvalue weighted by molar-refractivity contribution is -0.131. The van der Waals surface area contributed by atoms with Crippen LogP contribution in [0.1, 0.15) is 18.4 Å². The number of fused-ring (bicyclic) bond motifs is 1. The summed E-state index contributed by atoms with van der Waals surface area (Å²) in [5, 5.41) is 0. The quantitative estimate of drug-likeness (QED) is 0.825. The van der Waals surface area contributed by atoms with Crippen molar-refractivity contribution >= 4 is 15.7 Å². The van der Waals surface area contributed by atoms with Crippen molar-refractivity contribution in [3.05, 3.63) is 23.8 Å². The van der Waals surface area contributed by atoms with E-state index in [1.807, 2.05) is 18.2 Å². The molecule has 0 aromatic heterocycles. The van der Waals surface area contributed by atoms with Gasteiger partial charge in [0.2, 0.25) is 12.7 Å². The summed E-state index contributed by atoms with van der Waals surface area (Å²) < 4.78 is 33.5. The fourth-order valence-electron chi connectivity index (χ4n) is 2.81. The summed E-state index contributed by atoms with van der Waals surface area (Å²) in [6.45, 7) is 0.233. The Kier molecular flexibility index (Phi) is 3.99. The number of sulfone groups is 1. The second-order valence-electron chi connectivity index (χ2n) is 5.75. The summed E-state index contributed by atoms with van der Waals surface area (Å²) in [6.07, 6.45) is 1.49. The molecule has 1 atom stereocenters. The van der Waals surface area contributed by atoms with Gasteiger partial charge in [-0.2, -0.15) is 0 Å². The van der Waals surface area contributed by atoms with Crippen LogP contribution >= 0.6 is 0 Å². The van der Waals surface area contributed by atoms with Crippen LogP contribution in [0.4, 0.5) is 0 Å². The highest BCUT2D eigenvalue weighted by atomic mass is 32.2. The molecule has 2 aliphatic rings. The first-order valence-corrected chi connectivity index (χ1v) is 9.11. The number of carbonyl (C=O) groups excluding carboxylic acids is 1. The Morgan fingerprint density at radius 3 is 2.82 bits per heavy atom. The number of benzene rings is 1. The van der Waals surface area contributed by atoms with Gasteiger partial charge in [-0.1, -0.05) is 6.07 Å². The third kappa shape index (κ3) is 3.19. The summed E-state index contributed by atoms with van der Waals surface area (Å²) in [5.74, 6) is 1.67. The Balaban J connectivity index is 1.56. The Bertz CT molecular complexity index is 685. The van der Waals surface area contributed by atoms with Gasteiger partial charge in [0.15, 0.2) is 21.3 Å². The van der Waals surface area contributed by atoms with Crippen LogP contribution in [-0.4, -0.2) is 50.6 Å². The Hall–Kier alpha value is -1.76. The lowest BCUT2D eigenvalue weighted by atomic mass is 10.1. The molecule has 0 spiro atoms. The number of amides is 1. The second kappa shape index (κ2) is 5.79. The van der Waals surface area contributed by atoms with E-state index >= 15 is 0 Å². The predicted molar refractivity (Wildman–Crippen MR) is 80.7 cm³/mol. The van der Waals surface area contributed by atoms with Crippen LogP contribution in [0.5, 0.6) is 11.5 Å². The van der Waals surface area contributed by atoms with Crippen LogP contribution in [0.25, 0.3) is 0 Å². The number of aryl methyl sites for hydroxylation is 1. The summed E-state index contributed by atoms with van der Waals surface area (Å²) in [5.41, 5.74) is 1.00. The van der Waals surface area contributed by atoms with Gasteiger partial charge in [-0.3, -0.25) is 4.79 Å². The molecule has 1 aromatic carbocycles. The lowest BCUT2D eigenvalue weighted by Crippen LogP contribution is -2.37. The van der Waals surface area contributed by atoms with Crippen molar-refractivity contribution in [3.63, 3.8) is 0 Å². The highest BCUT2D eigenvalue weighted by Gasteiger charge is 2.32. The fourth-order valence-corrected chi connectivity index (χ4v) is 4.58. The normalized spacial score (nSPS) is 21.8. The van der Waals surface area contributed by atoms with Crippen LogP contribution in [-0.2, 0) is 21.1 Å². The topological polar surface area (TPSA) is 72.9 Å². The maximum absolute atomic E-state index is 12.2. The van der Waals surface area contributed by atoms with Crippen LogP contribution in [0.3, 0.4) is 0 Å². The van der Waals surface area contributed by atoms with Crippen molar-refractivity contribution < 1.29 is 22.7 Å². The van der Waals surface area contributed by atoms with Gasteiger partial charge in [-0.25, -0.2) is 8.42 Å². The van der Waals surface area contributed by atoms with Crippen LogP contribution in [0.2, 0.25) is 0 Å². The zero-order valence-electron chi connectivity index (χ0n) is 12.4. The third-order valence-corrected chi connectivity index (χ3v) is 5.96. The average Bonchev–Trinajstić information content (AvgIpc) is 3.09. The molecule has 0 saturated carbocycles. The number of hydrogen-bond acceptors (Lipinski definition) is 5. The van der Waals surface area contributed by atoms with Crippen molar-refractivity contribution in [2.75, 3.05) is 25.3 Å². The first-order valence-electron chi connectivity index (χ1n) is 7.29. The first kappa shape index (κ1) is 15.1. The SMILES string of the molecule is CN(C(=O)CCc1ccc2c(c1)OCO2)[C@H]1CCS(=O)(=O)C1. The number of rotatable bonds is 4. The summed E-state index contributed by atoms with van der Waals surface area (Å²) in [7, 11) is -1.28. The second-order valence-corrected chi connectivity index (χ2v) is 7.98. The van der Waals surface area contributed by atoms with Gasteiger partial charge in [0.1, 0.15) is 0 Å². The molecule has 22 heavy (non-hydrogen) atoms. The molecule has 0 N–H and O–H groups in total. The molecule has 0 unspecified atom stereocenters. The molecule has 6 nitrogen and oxygen atoms in total. The van der Waals surface area contributed by atoms with Crippen LogP contribution in [0, 0.1) is 0 Å². The summed E-state index contributed by atoms with van der Waals surface area (Å²) >= 11 is 0. The minimum Gasteiger partial charge on any atom is -0.454 e. The summed E-state index contributed by atoms with van der Waals surface area (Å²) in [6, 6.07) is 5.46. The largest absolute Gasteiger partial charge is 0.454 e. The Morgan fingerprint density at radius 2 is 2.09 bits per heavy atom. The van der Waals surface area contributed by atoms with E-state index in [0.29, 0.717) is 25.0 Å². The standard InChI is InChI=1S/C15H19NO5S/c1-16(12-6-7-22(18,19)9-12)15(17)5-3-11-2-4-13-14(8-11)21-10-20-13/h2,4,8,12H,3,5-7,9-10H2,1H3/t12-/m0/s1. The maximum Gasteiger partial charge on any atom is 0.231 e. The van der Waals surface area contributed by atoms with Gasteiger partial charge in [0.05, 0.1) is 11.5 Å². The minimum absolute atomic E-state index is 0.0280. The van der Waals surface area contributed by atoms with Crippen molar-refractivity contribution in [2.45, 2.75) is 25.3 Å². The van der Waals surface area contributed by atoms with Crippen molar-refractivity contribution in [1.82, 2.24) is 4.90 Å². The highest BCUT2D eigenvalue weighted by Crippen LogP contribution is 2.32. The Morgan fingerprint density at radius 1 is 1.32 bits per heavy atom. The Labute approximate surface area is 129 Å². The zero-order valence-corrected chi connectivity index (χ0v) is 13.3. The van der Waals surface area contributed by atoms with Crippen LogP contribution in [0.15, 0.2) is 18.2 Å². The lowest BCUT2D eigenvalue weighted by Gasteiger charge is -2.23. The van der Waals surface area contributed by atoms with Gasteiger partial charge in [-0.05, 0) is 30.5 Å². The molecule has 1 amide bonds. The number of hydrogen-bond donors (Lipinski definition) is 0. The molecule has 1 saturated heterocycles. The van der Waals surface area contributed by atoms with Crippen molar-refractivity contribution in [2.24, 2.45) is 0 Å². The molecule has 7 heteroatoms. The van der Waals surface area contributed by atoms with E-state index in [1.54, 1.807) is 11.9 Å². The number of ether oxygens (including phenoxy) is 2. The minimum atomic E-state index is -2.97. The van der Waals surface area contributed by atoms with E-state index in [4.69, 9.17) is 9.47 Å². The third-order valence-electron chi connectivity index (χ3n) is 4.21. The molecule has 1 fully saturated rings. The smallest absolute Gasteiger partial charge is 0.231 e. The van der Waals surface area contributed by atoms with E-state index in [0.717, 1.165) is 11.3 Å². The van der Waals surface area contributed by atoms with E-state index in [1.165, 1.54) is 0 Å². The van der Waals surface area contributed by atoms with Crippen molar-refractivity contribution in [1.29, 1.82) is 0 Å². The molecule has 1 aromatic rings. The van der Waals surface area contributed by atoms with E-state index in [-0.39, 0.29) is 30.2 Å². The molecular formula is C15H19NO5S. The van der Waals surface area contributed by atoms with Gasteiger partial charge in [0.25, 0.3) is 0 Å². The molecule has 0 bridgehead atoms. The summed E-state index contributed by atoms with van der Waals surface area (Å²) in [4.78, 5) is 13.8. The fraction of sp³-hybridized carbons (Fsp3) is 0.533. The maximum atomic E-state index is 12.2. The van der Waals surface area contributed by atoms with E-state index < -0.39 is 9.84 Å². The first-order chi connectivity index (χ1) is 10.4. The zero-order chi connectivity index (χ0) is 15.7. The highest BCUT2D eigenvalue weighted by molar-refractivity contribution is 7.91. The van der Waals surface area contributed by atoms with Gasteiger partial charge in [-0.15, -0.1) is 0 Å². The molecule has 2 heterocycles. The molecule has 120 valence electrons. The van der Waals surface area contributed by atoms with E-state index in [2.05, 4.69) is 0 Å². The molecule has 0 aliphatic carbocycles. The number of carbonyl (C=O) groups is 1. The molecule has 3 rings (SSSR count). The van der Waals surface area contributed by atoms with Gasteiger partial charge < -0.3 is 14.4 Å². The predicted octanol–water partition coefficient (Wildman–Crippen LogP) is 0.993. The molecule has 0 radical (unpaired) electrons. The van der Waals surface area contributed by atoms with Crippen molar-refractivity contribution in [3.8, 4) is 11.5 Å². The van der Waals surface area contributed by atoms with E-state index in [9.17, 15) is 13.2 Å². The van der Waals surface area contributed by atoms with Gasteiger partial charge >= 0.3 is 0 Å². The molecular weight excluding hydrogens is 306 g/mol. The monoisotopic (exact) mass is 325 g/mol. The average molecular weight is 325 g/mol. The van der Waals surface area contributed by atoms with Gasteiger partial charge in [0, 0.05) is 19.5 Å². The van der Waals surface area contributed by atoms with Crippen LogP contribution < -0.4 is 9.47 Å². The molecule has 2 aliphatic heterocycles.